The maximum atomic E-state index is 6.27. The van der Waals surface area contributed by atoms with Crippen molar-refractivity contribution >= 4 is 23.4 Å². The number of halogens is 1. The van der Waals surface area contributed by atoms with E-state index in [1.165, 1.54) is 0 Å². The average molecular weight is 404 g/mol. The van der Waals surface area contributed by atoms with Crippen LogP contribution in [-0.4, -0.2) is 51.3 Å². The molecule has 2 N–H and O–H groups in total. The van der Waals surface area contributed by atoms with Crippen LogP contribution in [-0.2, 0) is 6.54 Å². The Morgan fingerprint density at radius 3 is 2.82 bits per heavy atom. The number of methoxy groups -OCH3 is 2. The van der Waals surface area contributed by atoms with Crippen molar-refractivity contribution in [2.45, 2.75) is 19.0 Å². The first kappa shape index (κ1) is 20.1. The third kappa shape index (κ3) is 4.78. The molecule has 0 amide bonds. The number of aromatic nitrogens is 1. The van der Waals surface area contributed by atoms with E-state index in [1.807, 2.05) is 30.3 Å². The summed E-state index contributed by atoms with van der Waals surface area (Å²) in [5.41, 5.74) is 1.08. The van der Waals surface area contributed by atoms with Gasteiger partial charge in [-0.25, -0.2) is 4.98 Å². The highest BCUT2D eigenvalue weighted by molar-refractivity contribution is 6.32. The summed E-state index contributed by atoms with van der Waals surface area (Å²) in [6.45, 7) is 2.36. The van der Waals surface area contributed by atoms with Gasteiger partial charge in [-0.2, -0.15) is 0 Å². The molecule has 28 heavy (non-hydrogen) atoms. The van der Waals surface area contributed by atoms with E-state index in [-0.39, 0.29) is 6.04 Å². The Morgan fingerprint density at radius 2 is 2.11 bits per heavy atom. The molecule has 0 bridgehead atoms. The van der Waals surface area contributed by atoms with Gasteiger partial charge in [0.15, 0.2) is 17.5 Å². The summed E-state index contributed by atoms with van der Waals surface area (Å²) in [7, 11) is 5.03. The number of nitrogens with zero attached hydrogens (tertiary/aromatic N) is 3. The van der Waals surface area contributed by atoms with Crippen molar-refractivity contribution in [3.63, 3.8) is 0 Å². The van der Waals surface area contributed by atoms with E-state index >= 15 is 0 Å². The van der Waals surface area contributed by atoms with Crippen molar-refractivity contribution in [2.24, 2.45) is 4.99 Å². The molecule has 2 aromatic rings. The highest BCUT2D eigenvalue weighted by Crippen LogP contribution is 2.27. The molecule has 1 aliphatic rings. The number of ether oxygens (including phenoxy) is 2. The minimum Gasteiger partial charge on any atom is -0.493 e. The molecule has 0 radical (unpaired) electrons. The maximum Gasteiger partial charge on any atom is 0.191 e. The molecule has 7 nitrogen and oxygen atoms in total. The van der Waals surface area contributed by atoms with Crippen molar-refractivity contribution in [3.8, 4) is 11.5 Å². The van der Waals surface area contributed by atoms with E-state index in [2.05, 4.69) is 25.5 Å². The number of benzene rings is 1. The van der Waals surface area contributed by atoms with Crippen LogP contribution < -0.4 is 25.0 Å². The fraction of sp³-hybridized carbons (Fsp3) is 0.400. The minimum absolute atomic E-state index is 0.273. The zero-order chi connectivity index (χ0) is 19.9. The number of hydrogen-bond donors (Lipinski definition) is 2. The number of nitrogens with one attached hydrogen (secondary N) is 2. The molecule has 1 aliphatic heterocycles. The third-order valence-corrected chi connectivity index (χ3v) is 4.99. The lowest BCUT2D eigenvalue weighted by molar-refractivity contribution is 0.354. The van der Waals surface area contributed by atoms with Crippen molar-refractivity contribution in [2.75, 3.05) is 39.3 Å². The normalized spacial score (nSPS) is 16.8. The molecular formula is C20H26ClN5O2. The van der Waals surface area contributed by atoms with Crippen molar-refractivity contribution < 1.29 is 9.47 Å². The van der Waals surface area contributed by atoms with Gasteiger partial charge in [0, 0.05) is 38.9 Å². The van der Waals surface area contributed by atoms with Crippen LogP contribution >= 0.6 is 11.6 Å². The molecule has 0 aliphatic carbocycles. The summed E-state index contributed by atoms with van der Waals surface area (Å²) in [5.74, 6) is 3.02. The second kappa shape index (κ2) is 9.50. The van der Waals surface area contributed by atoms with Gasteiger partial charge in [-0.1, -0.05) is 17.7 Å². The standard InChI is InChI=1S/C20H26ClN5O2/c1-22-20(24-12-14-6-7-17(27-2)18(11-14)28-3)25-15-8-10-26(13-15)19-16(21)5-4-9-23-19/h4-7,9,11,15H,8,10,12-13H2,1-3H3,(H2,22,24,25). The Kier molecular flexibility index (Phi) is 6.81. The van der Waals surface area contributed by atoms with Gasteiger partial charge in [0.1, 0.15) is 5.82 Å². The predicted octanol–water partition coefficient (Wildman–Crippen LogP) is 2.70. The fourth-order valence-corrected chi connectivity index (χ4v) is 3.49. The monoisotopic (exact) mass is 403 g/mol. The quantitative estimate of drug-likeness (QED) is 0.570. The predicted molar refractivity (Wildman–Crippen MR) is 113 cm³/mol. The van der Waals surface area contributed by atoms with E-state index < -0.39 is 0 Å². The van der Waals surface area contributed by atoms with Crippen LogP contribution in [0.4, 0.5) is 5.82 Å². The van der Waals surface area contributed by atoms with Crippen molar-refractivity contribution in [1.29, 1.82) is 0 Å². The molecular weight excluding hydrogens is 378 g/mol. The summed E-state index contributed by atoms with van der Waals surface area (Å²) in [5, 5.41) is 7.51. The number of hydrogen-bond acceptors (Lipinski definition) is 5. The highest BCUT2D eigenvalue weighted by Gasteiger charge is 2.25. The van der Waals surface area contributed by atoms with E-state index in [0.29, 0.717) is 23.1 Å². The Labute approximate surface area is 170 Å². The summed E-state index contributed by atoms with van der Waals surface area (Å²) < 4.78 is 10.6. The number of anilines is 1. The molecule has 1 aromatic carbocycles. The number of aliphatic imine (C=N–C) groups is 1. The van der Waals surface area contributed by atoms with Crippen LogP contribution in [0, 0.1) is 0 Å². The van der Waals surface area contributed by atoms with Gasteiger partial charge in [0.2, 0.25) is 0 Å². The van der Waals surface area contributed by atoms with Gasteiger partial charge in [0.25, 0.3) is 0 Å². The smallest absolute Gasteiger partial charge is 0.191 e. The average Bonchev–Trinajstić information content (AvgIpc) is 3.19. The van der Waals surface area contributed by atoms with E-state index in [9.17, 15) is 0 Å². The lowest BCUT2D eigenvalue weighted by Gasteiger charge is -2.20. The first-order valence-corrected chi connectivity index (χ1v) is 9.56. The van der Waals surface area contributed by atoms with Crippen molar-refractivity contribution in [3.05, 3.63) is 47.1 Å². The van der Waals surface area contributed by atoms with Gasteiger partial charge in [0.05, 0.1) is 19.2 Å². The van der Waals surface area contributed by atoms with Gasteiger partial charge in [-0.3, -0.25) is 4.99 Å². The Hall–Kier alpha value is -2.67. The minimum atomic E-state index is 0.273. The van der Waals surface area contributed by atoms with Crippen LogP contribution in [0.2, 0.25) is 5.02 Å². The van der Waals surface area contributed by atoms with Crippen LogP contribution in [0.3, 0.4) is 0 Å². The van der Waals surface area contributed by atoms with Crippen LogP contribution in [0.5, 0.6) is 11.5 Å². The van der Waals surface area contributed by atoms with E-state index in [4.69, 9.17) is 21.1 Å². The zero-order valence-corrected chi connectivity index (χ0v) is 17.2. The van der Waals surface area contributed by atoms with Crippen LogP contribution in [0.1, 0.15) is 12.0 Å². The van der Waals surface area contributed by atoms with Crippen LogP contribution in [0.15, 0.2) is 41.5 Å². The second-order valence-electron chi connectivity index (χ2n) is 6.50. The summed E-state index contributed by atoms with van der Waals surface area (Å²) >= 11 is 6.27. The molecule has 1 fully saturated rings. The van der Waals surface area contributed by atoms with Gasteiger partial charge in [-0.15, -0.1) is 0 Å². The lowest BCUT2D eigenvalue weighted by atomic mass is 10.2. The molecule has 0 spiro atoms. The SMILES string of the molecule is CN=C(NCc1ccc(OC)c(OC)c1)NC1CCN(c2ncccc2Cl)C1. The zero-order valence-electron chi connectivity index (χ0n) is 16.4. The molecule has 8 heteroatoms. The lowest BCUT2D eigenvalue weighted by Crippen LogP contribution is -2.44. The summed E-state index contributed by atoms with van der Waals surface area (Å²) in [6, 6.07) is 9.85. The Balaban J connectivity index is 1.55. The Bertz CT molecular complexity index is 830. The molecule has 2 heterocycles. The largest absolute Gasteiger partial charge is 0.493 e. The van der Waals surface area contributed by atoms with Gasteiger partial charge < -0.3 is 25.0 Å². The Morgan fingerprint density at radius 1 is 1.29 bits per heavy atom. The fourth-order valence-electron chi connectivity index (χ4n) is 3.24. The number of rotatable bonds is 6. The van der Waals surface area contributed by atoms with Crippen molar-refractivity contribution in [1.82, 2.24) is 15.6 Å². The first-order chi connectivity index (χ1) is 13.6. The number of pyridine rings is 1. The maximum absolute atomic E-state index is 6.27. The van der Waals surface area contributed by atoms with E-state index in [0.717, 1.165) is 36.9 Å². The molecule has 1 unspecified atom stereocenters. The molecule has 3 rings (SSSR count). The van der Waals surface area contributed by atoms with E-state index in [1.54, 1.807) is 27.5 Å². The van der Waals surface area contributed by atoms with Crippen LogP contribution in [0.25, 0.3) is 0 Å². The second-order valence-corrected chi connectivity index (χ2v) is 6.91. The van der Waals surface area contributed by atoms with Gasteiger partial charge in [-0.05, 0) is 36.2 Å². The van der Waals surface area contributed by atoms with Gasteiger partial charge >= 0.3 is 0 Å². The highest BCUT2D eigenvalue weighted by atomic mass is 35.5. The number of guanidine groups is 1. The molecule has 150 valence electrons. The summed E-state index contributed by atoms with van der Waals surface area (Å²) in [6.07, 6.45) is 2.76. The molecule has 1 saturated heterocycles. The molecule has 1 atom stereocenters. The molecule has 0 saturated carbocycles. The third-order valence-electron chi connectivity index (χ3n) is 4.70. The molecule has 1 aromatic heterocycles. The summed E-state index contributed by atoms with van der Waals surface area (Å²) in [4.78, 5) is 10.9. The first-order valence-electron chi connectivity index (χ1n) is 9.18. The topological polar surface area (TPSA) is 71.0 Å².